The Balaban J connectivity index is 1.40. The Labute approximate surface area is 220 Å². The van der Waals surface area contributed by atoms with Crippen LogP contribution in [0.1, 0.15) is 13.0 Å². The van der Waals surface area contributed by atoms with Gasteiger partial charge in [-0.2, -0.15) is 4.98 Å². The zero-order chi connectivity index (χ0) is 26.1. The van der Waals surface area contributed by atoms with Crippen molar-refractivity contribution in [2.24, 2.45) is 0 Å². The number of anilines is 1. The minimum absolute atomic E-state index is 0.0635. The number of rotatable bonds is 3. The minimum atomic E-state index is -0.458. The van der Waals surface area contributed by atoms with E-state index in [-0.39, 0.29) is 28.4 Å². The lowest BCUT2D eigenvalue weighted by molar-refractivity contribution is 0.245. The second-order valence-electron chi connectivity index (χ2n) is 9.96. The molecule has 0 radical (unpaired) electrons. The maximum absolute atomic E-state index is 15.7. The SMILES string of the molecule is CC1COc2c(N3CCN(C)CC3)c(F)cc3c(=O)c(-c4nc5scc(-c6ccc(O)cc6)n5n4)cn1c23. The van der Waals surface area contributed by atoms with Crippen molar-refractivity contribution < 1.29 is 14.2 Å². The molecule has 0 amide bonds. The van der Waals surface area contributed by atoms with E-state index in [0.29, 0.717) is 47.2 Å². The topological polar surface area (TPSA) is 88.1 Å². The average molecular weight is 533 g/mol. The second kappa shape index (κ2) is 8.53. The Morgan fingerprint density at radius 2 is 1.92 bits per heavy atom. The number of pyridine rings is 1. The van der Waals surface area contributed by atoms with Crippen molar-refractivity contribution in [2.45, 2.75) is 13.0 Å². The Hall–Kier alpha value is -3.96. The maximum Gasteiger partial charge on any atom is 0.213 e. The molecule has 2 aliphatic rings. The summed E-state index contributed by atoms with van der Waals surface area (Å²) < 4.78 is 25.5. The van der Waals surface area contributed by atoms with Crippen LogP contribution in [0, 0.1) is 5.82 Å². The van der Waals surface area contributed by atoms with Gasteiger partial charge in [0.1, 0.15) is 18.0 Å². The third kappa shape index (κ3) is 3.49. The van der Waals surface area contributed by atoms with Crippen molar-refractivity contribution in [3.63, 3.8) is 0 Å². The number of hydrogen-bond acceptors (Lipinski definition) is 8. The van der Waals surface area contributed by atoms with Crippen LogP contribution in [0.2, 0.25) is 0 Å². The summed E-state index contributed by atoms with van der Waals surface area (Å²) in [6.07, 6.45) is 1.78. The summed E-state index contributed by atoms with van der Waals surface area (Å²) in [5.74, 6) is 0.440. The van der Waals surface area contributed by atoms with Gasteiger partial charge in [-0.15, -0.1) is 16.4 Å². The number of piperazine rings is 1. The molecule has 1 unspecified atom stereocenters. The van der Waals surface area contributed by atoms with E-state index in [1.807, 2.05) is 21.8 Å². The Morgan fingerprint density at radius 3 is 2.68 bits per heavy atom. The molecule has 5 aromatic rings. The molecule has 9 nitrogen and oxygen atoms in total. The van der Waals surface area contributed by atoms with E-state index in [0.717, 1.165) is 24.3 Å². The highest BCUT2D eigenvalue weighted by atomic mass is 32.1. The number of nitrogens with zero attached hydrogens (tertiary/aromatic N) is 6. The summed E-state index contributed by atoms with van der Waals surface area (Å²) in [5.41, 5.74) is 2.69. The fourth-order valence-corrected chi connectivity index (χ4v) is 6.15. The van der Waals surface area contributed by atoms with Crippen LogP contribution in [0.25, 0.3) is 38.5 Å². The van der Waals surface area contributed by atoms with Gasteiger partial charge in [0.05, 0.1) is 28.2 Å². The summed E-state index contributed by atoms with van der Waals surface area (Å²) >= 11 is 1.41. The van der Waals surface area contributed by atoms with Crippen LogP contribution in [0.15, 0.2) is 46.7 Å². The second-order valence-corrected chi connectivity index (χ2v) is 10.8. The standard InChI is InChI=1S/C27H25FN6O3S/c1-15-13-37-25-22-18(11-20(28)23(25)32-9-7-31(2)8-10-32)24(36)19(12-33(15)22)26-29-27-34(30-26)21(14-38-27)16-3-5-17(35)6-4-16/h3-6,11-12,14-15,35H,7-10,13H2,1-2H3. The van der Waals surface area contributed by atoms with E-state index < -0.39 is 5.82 Å². The number of phenolic OH excluding ortho intramolecular Hbond substituents is 1. The summed E-state index contributed by atoms with van der Waals surface area (Å²) in [6, 6.07) is 8.11. The molecule has 0 bridgehead atoms. The number of aromatic nitrogens is 4. The van der Waals surface area contributed by atoms with Gasteiger partial charge in [-0.25, -0.2) is 8.91 Å². The molecule has 5 heterocycles. The molecule has 1 N–H and O–H groups in total. The quantitative estimate of drug-likeness (QED) is 0.376. The summed E-state index contributed by atoms with van der Waals surface area (Å²) in [4.78, 5) is 23.3. The van der Waals surface area contributed by atoms with Gasteiger partial charge in [0.15, 0.2) is 17.4 Å². The van der Waals surface area contributed by atoms with Gasteiger partial charge in [-0.3, -0.25) is 4.79 Å². The van der Waals surface area contributed by atoms with Crippen LogP contribution in [-0.4, -0.2) is 69.0 Å². The Morgan fingerprint density at radius 1 is 1.16 bits per heavy atom. The number of hydrogen-bond donors (Lipinski definition) is 1. The predicted octanol–water partition coefficient (Wildman–Crippen LogP) is 3.99. The van der Waals surface area contributed by atoms with E-state index in [1.165, 1.54) is 17.4 Å². The molecule has 11 heteroatoms. The van der Waals surface area contributed by atoms with E-state index >= 15 is 4.39 Å². The number of halogens is 1. The van der Waals surface area contributed by atoms with Crippen molar-refractivity contribution in [1.82, 2.24) is 24.1 Å². The van der Waals surface area contributed by atoms with Gasteiger partial charge < -0.3 is 24.2 Å². The lowest BCUT2D eigenvalue weighted by atomic mass is 10.0. The molecule has 1 fully saturated rings. The van der Waals surface area contributed by atoms with Crippen LogP contribution in [0.4, 0.5) is 10.1 Å². The van der Waals surface area contributed by atoms with Crippen LogP contribution in [-0.2, 0) is 0 Å². The number of ether oxygens (including phenoxy) is 1. The van der Waals surface area contributed by atoms with Crippen molar-refractivity contribution >= 4 is 32.9 Å². The lowest BCUT2D eigenvalue weighted by Crippen LogP contribution is -2.45. The fourth-order valence-electron chi connectivity index (χ4n) is 5.32. The number of phenols is 1. The summed E-state index contributed by atoms with van der Waals surface area (Å²) in [6.45, 7) is 5.41. The Bertz CT molecular complexity index is 1770. The van der Waals surface area contributed by atoms with Gasteiger partial charge in [0, 0.05) is 43.3 Å². The number of benzene rings is 2. The highest BCUT2D eigenvalue weighted by Crippen LogP contribution is 2.42. The highest BCUT2D eigenvalue weighted by molar-refractivity contribution is 7.15. The van der Waals surface area contributed by atoms with Crippen molar-refractivity contribution in [1.29, 1.82) is 0 Å². The van der Waals surface area contributed by atoms with Gasteiger partial charge in [-0.1, -0.05) is 0 Å². The van der Waals surface area contributed by atoms with Crippen molar-refractivity contribution in [3.05, 3.63) is 57.9 Å². The van der Waals surface area contributed by atoms with Gasteiger partial charge in [0.2, 0.25) is 10.4 Å². The molecule has 1 saturated heterocycles. The van der Waals surface area contributed by atoms with Gasteiger partial charge in [-0.05, 0) is 44.3 Å². The van der Waals surface area contributed by atoms with E-state index in [4.69, 9.17) is 4.74 Å². The molecule has 38 heavy (non-hydrogen) atoms. The third-order valence-electron chi connectivity index (χ3n) is 7.45. The molecular weight excluding hydrogens is 507 g/mol. The smallest absolute Gasteiger partial charge is 0.213 e. The molecule has 0 spiro atoms. The van der Waals surface area contributed by atoms with Crippen LogP contribution >= 0.6 is 11.3 Å². The van der Waals surface area contributed by atoms with E-state index in [9.17, 15) is 9.90 Å². The fraction of sp³-hybridized carbons (Fsp3) is 0.296. The summed E-state index contributed by atoms with van der Waals surface area (Å²) in [7, 11) is 2.05. The molecule has 1 atom stereocenters. The first-order chi connectivity index (χ1) is 18.4. The monoisotopic (exact) mass is 532 g/mol. The van der Waals surface area contributed by atoms with Crippen molar-refractivity contribution in [2.75, 3.05) is 44.7 Å². The van der Waals surface area contributed by atoms with Crippen molar-refractivity contribution in [3.8, 4) is 34.1 Å². The molecule has 3 aromatic heterocycles. The number of likely N-dealkylation sites (N-methyl/N-ethyl adjacent to an activating group) is 1. The molecule has 2 aromatic carbocycles. The molecule has 2 aliphatic heterocycles. The molecule has 194 valence electrons. The molecule has 7 rings (SSSR count). The lowest BCUT2D eigenvalue weighted by Gasteiger charge is -2.37. The maximum atomic E-state index is 15.7. The highest BCUT2D eigenvalue weighted by Gasteiger charge is 2.31. The molecular formula is C27H25FN6O3S. The molecule has 0 aliphatic carbocycles. The van der Waals surface area contributed by atoms with E-state index in [1.54, 1.807) is 35.0 Å². The van der Waals surface area contributed by atoms with Crippen LogP contribution < -0.4 is 15.1 Å². The normalized spacial score (nSPS) is 17.9. The third-order valence-corrected chi connectivity index (χ3v) is 8.26. The Kier molecular flexibility index (Phi) is 5.21. The number of thiazole rings is 1. The largest absolute Gasteiger partial charge is 0.508 e. The van der Waals surface area contributed by atoms with Crippen LogP contribution in [0.5, 0.6) is 11.5 Å². The zero-order valence-corrected chi connectivity index (χ0v) is 21.7. The molecule has 0 saturated carbocycles. The minimum Gasteiger partial charge on any atom is -0.508 e. The zero-order valence-electron chi connectivity index (χ0n) is 20.9. The average Bonchev–Trinajstić information content (AvgIpc) is 3.50. The first-order valence-electron chi connectivity index (χ1n) is 12.5. The predicted molar refractivity (Wildman–Crippen MR) is 145 cm³/mol. The van der Waals surface area contributed by atoms with E-state index in [2.05, 4.69) is 22.0 Å². The summed E-state index contributed by atoms with van der Waals surface area (Å²) in [5, 5.41) is 16.5. The number of fused-ring (bicyclic) bond motifs is 1. The first-order valence-corrected chi connectivity index (χ1v) is 13.4. The van der Waals surface area contributed by atoms with Gasteiger partial charge >= 0.3 is 0 Å². The van der Waals surface area contributed by atoms with Crippen LogP contribution in [0.3, 0.4) is 0 Å². The first kappa shape index (κ1) is 23.2. The number of aromatic hydroxyl groups is 1. The van der Waals surface area contributed by atoms with Gasteiger partial charge in [0.25, 0.3) is 0 Å².